The smallest absolute Gasteiger partial charge is 0.222 e. The van der Waals surface area contributed by atoms with E-state index < -0.39 is 0 Å². The Kier molecular flexibility index (Phi) is 6.85. The summed E-state index contributed by atoms with van der Waals surface area (Å²) in [5, 5.41) is 12.0. The zero-order valence-corrected chi connectivity index (χ0v) is 18.3. The van der Waals surface area contributed by atoms with E-state index in [1.165, 1.54) is 0 Å². The Bertz CT molecular complexity index is 1170. The van der Waals surface area contributed by atoms with Gasteiger partial charge in [0, 0.05) is 25.7 Å². The minimum atomic E-state index is -0.0456. The zero-order valence-electron chi connectivity index (χ0n) is 16.7. The quantitative estimate of drug-likeness (QED) is 0.370. The van der Waals surface area contributed by atoms with Crippen LogP contribution in [0.4, 0.5) is 0 Å². The molecule has 4 aromatic rings. The van der Waals surface area contributed by atoms with Crippen molar-refractivity contribution in [1.29, 1.82) is 0 Å². The summed E-state index contributed by atoms with van der Waals surface area (Å²) in [4.78, 5) is 17.6. The molecule has 0 saturated carbocycles. The molecule has 9 heteroatoms. The van der Waals surface area contributed by atoms with Crippen molar-refractivity contribution in [1.82, 2.24) is 25.1 Å². The molecule has 0 bridgehead atoms. The largest absolute Gasteiger partial charge is 0.487 e. The van der Waals surface area contributed by atoms with E-state index in [2.05, 4.69) is 20.5 Å². The van der Waals surface area contributed by atoms with E-state index in [0.717, 1.165) is 27.7 Å². The summed E-state index contributed by atoms with van der Waals surface area (Å²) in [6, 6.07) is 17.3. The van der Waals surface area contributed by atoms with Crippen LogP contribution in [0.15, 0.2) is 66.2 Å². The lowest BCUT2D eigenvalue weighted by Gasteiger charge is -2.09. The fourth-order valence-electron chi connectivity index (χ4n) is 2.97. The summed E-state index contributed by atoms with van der Waals surface area (Å²) in [7, 11) is 0. The molecule has 4 rings (SSSR count). The third-order valence-corrected chi connectivity index (χ3v) is 5.77. The number of thiophene rings is 1. The second kappa shape index (κ2) is 10.1. The standard InChI is InChI=1S/C22H21N5O2S2/c28-20(10-12-27-21(25-26-22(27)30)19-5-3-13-31-19)24-14-16-6-8-18(9-7-16)29-15-17-4-1-2-11-23-17/h1-9,11,13H,10,12,14-15H2,(H,24,28)(H,26,30). The number of aromatic nitrogens is 4. The zero-order chi connectivity index (χ0) is 21.5. The molecule has 158 valence electrons. The van der Waals surface area contributed by atoms with E-state index in [4.69, 9.17) is 17.0 Å². The van der Waals surface area contributed by atoms with Gasteiger partial charge in [-0.15, -0.1) is 11.3 Å². The number of benzene rings is 1. The second-order valence-corrected chi connectivity index (χ2v) is 8.10. The normalized spacial score (nSPS) is 10.7. The molecule has 3 aromatic heterocycles. The molecule has 1 amide bonds. The van der Waals surface area contributed by atoms with Crippen LogP contribution in [0.3, 0.4) is 0 Å². The van der Waals surface area contributed by atoms with Crippen LogP contribution in [0, 0.1) is 4.77 Å². The van der Waals surface area contributed by atoms with Gasteiger partial charge in [0.25, 0.3) is 0 Å². The van der Waals surface area contributed by atoms with E-state index >= 15 is 0 Å². The number of hydrogen-bond donors (Lipinski definition) is 2. The summed E-state index contributed by atoms with van der Waals surface area (Å²) >= 11 is 6.89. The van der Waals surface area contributed by atoms with E-state index in [1.807, 2.05) is 64.5 Å². The number of carbonyl (C=O) groups is 1. The Labute approximate surface area is 188 Å². The van der Waals surface area contributed by atoms with E-state index in [-0.39, 0.29) is 5.91 Å². The van der Waals surface area contributed by atoms with Gasteiger partial charge in [0.05, 0.1) is 10.6 Å². The molecular weight excluding hydrogens is 430 g/mol. The van der Waals surface area contributed by atoms with Crippen molar-refractivity contribution >= 4 is 29.5 Å². The summed E-state index contributed by atoms with van der Waals surface area (Å²) < 4.78 is 8.10. The lowest BCUT2D eigenvalue weighted by Crippen LogP contribution is -2.24. The van der Waals surface area contributed by atoms with E-state index in [1.54, 1.807) is 17.5 Å². The number of ether oxygens (including phenoxy) is 1. The number of H-pyrrole nitrogens is 1. The van der Waals surface area contributed by atoms with Gasteiger partial charge in [0.1, 0.15) is 12.4 Å². The maximum atomic E-state index is 12.3. The number of carbonyl (C=O) groups excluding carboxylic acids is 1. The van der Waals surface area contributed by atoms with Gasteiger partial charge in [-0.3, -0.25) is 19.4 Å². The van der Waals surface area contributed by atoms with Gasteiger partial charge in [-0.25, -0.2) is 0 Å². The van der Waals surface area contributed by atoms with Crippen LogP contribution in [-0.2, 0) is 24.5 Å². The van der Waals surface area contributed by atoms with Crippen LogP contribution in [0.2, 0.25) is 0 Å². The Morgan fingerprint density at radius 2 is 2.03 bits per heavy atom. The lowest BCUT2D eigenvalue weighted by molar-refractivity contribution is -0.121. The van der Waals surface area contributed by atoms with Crippen molar-refractivity contribution in [3.8, 4) is 16.5 Å². The number of hydrogen-bond acceptors (Lipinski definition) is 6. The Morgan fingerprint density at radius 1 is 1.16 bits per heavy atom. The SMILES string of the molecule is O=C(CCn1c(-c2cccs2)n[nH]c1=S)NCc1ccc(OCc2ccccn2)cc1. The molecule has 0 unspecified atom stereocenters. The van der Waals surface area contributed by atoms with Crippen molar-refractivity contribution in [2.75, 3.05) is 0 Å². The van der Waals surface area contributed by atoms with Gasteiger partial charge in [0.15, 0.2) is 10.6 Å². The summed E-state index contributed by atoms with van der Waals surface area (Å²) in [5.41, 5.74) is 1.87. The van der Waals surface area contributed by atoms with Gasteiger partial charge >= 0.3 is 0 Å². The highest BCUT2D eigenvalue weighted by Gasteiger charge is 2.11. The minimum Gasteiger partial charge on any atom is -0.487 e. The van der Waals surface area contributed by atoms with Crippen LogP contribution in [-0.4, -0.2) is 25.7 Å². The van der Waals surface area contributed by atoms with Crippen molar-refractivity contribution in [2.45, 2.75) is 26.1 Å². The molecule has 0 aliphatic heterocycles. The van der Waals surface area contributed by atoms with Crippen molar-refractivity contribution in [3.63, 3.8) is 0 Å². The Hall–Kier alpha value is -3.30. The Balaban J connectivity index is 1.25. The van der Waals surface area contributed by atoms with Crippen molar-refractivity contribution < 1.29 is 9.53 Å². The first-order chi connectivity index (χ1) is 15.2. The van der Waals surface area contributed by atoms with Gasteiger partial charge in [0.2, 0.25) is 5.91 Å². The molecule has 0 aliphatic rings. The minimum absolute atomic E-state index is 0.0456. The number of amides is 1. The lowest BCUT2D eigenvalue weighted by atomic mass is 10.2. The number of aromatic amines is 1. The molecule has 0 aliphatic carbocycles. The van der Waals surface area contributed by atoms with Crippen LogP contribution in [0.25, 0.3) is 10.7 Å². The molecule has 3 heterocycles. The molecular formula is C22H21N5O2S2. The number of rotatable bonds is 9. The van der Waals surface area contributed by atoms with Crippen LogP contribution in [0.1, 0.15) is 17.7 Å². The number of nitrogens with zero attached hydrogens (tertiary/aromatic N) is 3. The van der Waals surface area contributed by atoms with Gasteiger partial charge in [-0.2, -0.15) is 5.10 Å². The summed E-state index contributed by atoms with van der Waals surface area (Å²) in [6.45, 7) is 1.34. The monoisotopic (exact) mass is 451 g/mol. The third-order valence-electron chi connectivity index (χ3n) is 4.59. The fraction of sp³-hybridized carbons (Fsp3) is 0.182. The molecule has 0 radical (unpaired) electrons. The van der Waals surface area contributed by atoms with Crippen molar-refractivity contribution in [3.05, 3.63) is 82.2 Å². The molecule has 31 heavy (non-hydrogen) atoms. The molecule has 0 saturated heterocycles. The first-order valence-corrected chi connectivity index (χ1v) is 11.1. The van der Waals surface area contributed by atoms with Gasteiger partial charge in [-0.1, -0.05) is 24.3 Å². The highest BCUT2D eigenvalue weighted by atomic mass is 32.1. The molecule has 0 spiro atoms. The topological polar surface area (TPSA) is 84.8 Å². The van der Waals surface area contributed by atoms with E-state index in [9.17, 15) is 4.79 Å². The Morgan fingerprint density at radius 3 is 2.77 bits per heavy atom. The first kappa shape index (κ1) is 21.0. The molecule has 1 aromatic carbocycles. The van der Waals surface area contributed by atoms with Crippen molar-refractivity contribution in [2.24, 2.45) is 0 Å². The van der Waals surface area contributed by atoms with Gasteiger partial charge < -0.3 is 10.1 Å². The third kappa shape index (κ3) is 5.65. The summed E-state index contributed by atoms with van der Waals surface area (Å²) in [6.07, 6.45) is 2.06. The first-order valence-electron chi connectivity index (χ1n) is 9.76. The van der Waals surface area contributed by atoms with Gasteiger partial charge in [-0.05, 0) is 53.5 Å². The predicted molar refractivity (Wildman–Crippen MR) is 122 cm³/mol. The number of nitrogens with one attached hydrogen (secondary N) is 2. The molecule has 0 fully saturated rings. The van der Waals surface area contributed by atoms with Crippen LogP contribution >= 0.6 is 23.6 Å². The van der Waals surface area contributed by atoms with E-state index in [0.29, 0.717) is 30.9 Å². The molecule has 2 N–H and O–H groups in total. The summed E-state index contributed by atoms with van der Waals surface area (Å²) in [5.74, 6) is 1.47. The maximum absolute atomic E-state index is 12.3. The average Bonchev–Trinajstić information content (AvgIpc) is 3.46. The highest BCUT2D eigenvalue weighted by Crippen LogP contribution is 2.22. The average molecular weight is 452 g/mol. The number of pyridine rings is 1. The molecule has 7 nitrogen and oxygen atoms in total. The van der Waals surface area contributed by atoms with Crippen LogP contribution < -0.4 is 10.1 Å². The van der Waals surface area contributed by atoms with Crippen LogP contribution in [0.5, 0.6) is 5.75 Å². The maximum Gasteiger partial charge on any atom is 0.222 e. The fourth-order valence-corrected chi connectivity index (χ4v) is 3.91. The second-order valence-electron chi connectivity index (χ2n) is 6.76. The molecule has 0 atom stereocenters. The predicted octanol–water partition coefficient (Wildman–Crippen LogP) is 4.35. The highest BCUT2D eigenvalue weighted by molar-refractivity contribution is 7.71.